The van der Waals surface area contributed by atoms with Crippen LogP contribution in [0.4, 0.5) is 10.2 Å². The van der Waals surface area contributed by atoms with Gasteiger partial charge in [-0.2, -0.15) is 0 Å². The molecule has 0 saturated carbocycles. The zero-order valence-corrected chi connectivity index (χ0v) is 39.3. The maximum Gasteiger partial charge on any atom is 0.351 e. The number of rotatable bonds is 9. The smallest absolute Gasteiger partial charge is 0.351 e. The number of ether oxygens (including phenoxy) is 4. The van der Waals surface area contributed by atoms with Gasteiger partial charge in [0.2, 0.25) is 5.91 Å². The Hall–Kier alpha value is -3.78. The number of aliphatic hydroxyl groups excluding tert-OH is 1. The standard InChI is InChI=1S/C45H67FN6O10S/c1-12-33-45(9,57)30-18-17-28(51-59-22-29-23-63-40(48-29)31-15-14-16-34(47)49-31)21-58-43(7,20-24(3)36(26(30)5)50-35(53)13-2)39(27(6)38(55)44(8,46)42(56)61-33)62-41-37(54)32(52(10)11)19-25(4)60-41/h14-16,23-27,30,32-33,37,39,41,54,57H,12-13,17-22H2,1-11H3,(H2,47,49)/b50-36+,51-28+/t24-,25-,26-,27?,30-,32+,33-,37-,39-,41+,43-,44+,45+/m1/s1. The fraction of sp³-hybridized carbons (Fsp3) is 0.711. The number of amides is 1. The average Bonchev–Trinajstić information content (AvgIpc) is 3.70. The van der Waals surface area contributed by atoms with Gasteiger partial charge in [0, 0.05) is 35.4 Å². The number of nitrogens with two attached hydrogens (primary N) is 1. The number of cyclic esters (lactones) is 1. The lowest BCUT2D eigenvalue weighted by molar-refractivity contribution is -0.296. The highest BCUT2D eigenvalue weighted by atomic mass is 32.1. The van der Waals surface area contributed by atoms with Crippen molar-refractivity contribution >= 4 is 46.2 Å². The first-order valence-corrected chi connectivity index (χ1v) is 22.8. The fourth-order valence-electron chi connectivity index (χ4n) is 9.42. The summed E-state index contributed by atoms with van der Waals surface area (Å²) in [4.78, 5) is 63.1. The van der Waals surface area contributed by atoms with E-state index >= 15 is 4.39 Å². The number of aliphatic imine (C=N–C) groups is 1. The number of carbonyl (C=O) groups excluding carboxylic acids is 3. The SMILES string of the molecule is CCC(=O)/N=C1\[C@H](C)C[C@@]2(C)OC/C(=N/OCc3csc(-c4cccc(N)n4)n3)CC[C@H]([C@H]1C)[C@](C)(O)[C@@H](CC)OC(=O)[C@@](C)(F)C(=O)C(C)[C@H]2O[C@@H]1O[C@H](C)C[C@H](N(C)C)[C@H]1O. The molecule has 0 aliphatic carbocycles. The van der Waals surface area contributed by atoms with Gasteiger partial charge in [-0.25, -0.2) is 24.1 Å². The first-order chi connectivity index (χ1) is 29.5. The van der Waals surface area contributed by atoms with Gasteiger partial charge in [-0.3, -0.25) is 9.59 Å². The Kier molecular flexibility index (Phi) is 16.4. The highest BCUT2D eigenvalue weighted by molar-refractivity contribution is 7.13. The molecule has 5 rings (SSSR count). The normalized spacial score (nSPS) is 37.6. The van der Waals surface area contributed by atoms with Gasteiger partial charge in [0.25, 0.3) is 5.67 Å². The van der Waals surface area contributed by atoms with Crippen LogP contribution in [0.3, 0.4) is 0 Å². The molecule has 4 N–H and O–H groups in total. The van der Waals surface area contributed by atoms with Crippen LogP contribution >= 0.6 is 11.3 Å². The van der Waals surface area contributed by atoms with Gasteiger partial charge in [-0.05, 0) is 97.9 Å². The van der Waals surface area contributed by atoms with Crippen LogP contribution in [-0.2, 0) is 44.8 Å². The van der Waals surface area contributed by atoms with Crippen LogP contribution in [0.25, 0.3) is 10.7 Å². The molecule has 3 aliphatic rings. The van der Waals surface area contributed by atoms with E-state index in [4.69, 9.17) is 29.5 Å². The molecule has 63 heavy (non-hydrogen) atoms. The number of nitrogen functional groups attached to an aromatic ring is 1. The van der Waals surface area contributed by atoms with Crippen molar-refractivity contribution in [2.24, 2.45) is 33.8 Å². The minimum absolute atomic E-state index is 0.00749. The number of Topliss-reactive ketones (excluding diaryl/α,β-unsaturated/α-hetero) is 1. The Labute approximate surface area is 374 Å². The van der Waals surface area contributed by atoms with E-state index in [0.717, 1.165) is 6.92 Å². The quantitative estimate of drug-likeness (QED) is 0.156. The molecule has 18 heteroatoms. The van der Waals surface area contributed by atoms with Crippen molar-refractivity contribution in [2.45, 2.75) is 161 Å². The number of hydrogen-bond donors (Lipinski definition) is 3. The molecule has 2 aromatic rings. The molecule has 2 aromatic heterocycles. The molecule has 3 aliphatic heterocycles. The Bertz CT molecular complexity index is 1990. The summed E-state index contributed by atoms with van der Waals surface area (Å²) in [7, 11) is 3.65. The monoisotopic (exact) mass is 902 g/mol. The predicted octanol–water partition coefficient (Wildman–Crippen LogP) is 5.72. The summed E-state index contributed by atoms with van der Waals surface area (Å²) in [5.74, 6) is -5.96. The minimum atomic E-state index is -3.19. The molecule has 5 heterocycles. The van der Waals surface area contributed by atoms with Crippen LogP contribution in [0.1, 0.15) is 107 Å². The van der Waals surface area contributed by atoms with E-state index in [1.807, 2.05) is 51.2 Å². The van der Waals surface area contributed by atoms with E-state index in [0.29, 0.717) is 40.1 Å². The largest absolute Gasteiger partial charge is 0.457 e. The van der Waals surface area contributed by atoms with Gasteiger partial charge in [0.15, 0.2) is 18.7 Å². The van der Waals surface area contributed by atoms with Crippen molar-refractivity contribution in [3.63, 3.8) is 0 Å². The number of aromatic nitrogens is 2. The van der Waals surface area contributed by atoms with E-state index in [9.17, 15) is 24.6 Å². The van der Waals surface area contributed by atoms with E-state index < -0.39 is 82.9 Å². The second-order valence-electron chi connectivity index (χ2n) is 18.3. The van der Waals surface area contributed by atoms with Crippen molar-refractivity contribution in [1.29, 1.82) is 0 Å². The van der Waals surface area contributed by atoms with Gasteiger partial charge < -0.3 is 44.6 Å². The van der Waals surface area contributed by atoms with E-state index in [2.05, 4.69) is 20.1 Å². The molecule has 13 atom stereocenters. The lowest BCUT2D eigenvalue weighted by Crippen LogP contribution is -2.61. The number of anilines is 1. The Balaban J connectivity index is 1.67. The maximum atomic E-state index is 17.0. The highest BCUT2D eigenvalue weighted by Crippen LogP contribution is 2.43. The molecule has 3 saturated heterocycles. The minimum Gasteiger partial charge on any atom is -0.457 e. The summed E-state index contributed by atoms with van der Waals surface area (Å²) in [6.07, 6.45) is -4.40. The average molecular weight is 903 g/mol. The molecule has 16 nitrogen and oxygen atoms in total. The summed E-state index contributed by atoms with van der Waals surface area (Å²) < 4.78 is 42.6. The third-order valence-corrected chi connectivity index (χ3v) is 13.9. The predicted molar refractivity (Wildman–Crippen MR) is 237 cm³/mol. The first kappa shape index (κ1) is 50.2. The lowest BCUT2D eigenvalue weighted by atomic mass is 9.68. The Morgan fingerprint density at radius 3 is 2.48 bits per heavy atom. The van der Waals surface area contributed by atoms with Crippen LogP contribution < -0.4 is 5.73 Å². The number of thiazole rings is 1. The fourth-order valence-corrected chi connectivity index (χ4v) is 10.2. The van der Waals surface area contributed by atoms with Crippen molar-refractivity contribution in [1.82, 2.24) is 14.9 Å². The summed E-state index contributed by atoms with van der Waals surface area (Å²) in [6, 6.07) is 4.90. The molecule has 1 unspecified atom stereocenters. The Morgan fingerprint density at radius 1 is 1.11 bits per heavy atom. The number of hydrogen-bond acceptors (Lipinski definition) is 16. The molecule has 2 bridgehead atoms. The molecule has 0 spiro atoms. The van der Waals surface area contributed by atoms with Crippen molar-refractivity contribution in [2.75, 3.05) is 26.4 Å². The lowest BCUT2D eigenvalue weighted by Gasteiger charge is -2.48. The summed E-state index contributed by atoms with van der Waals surface area (Å²) in [6.45, 7) is 14.3. The zero-order valence-electron chi connectivity index (χ0n) is 38.5. The number of likely N-dealkylation sites (N-methyl/N-ethyl adjacent to an activating group) is 1. The van der Waals surface area contributed by atoms with E-state index in [1.54, 1.807) is 32.9 Å². The number of fused-ring (bicyclic) bond motifs is 5. The number of halogens is 1. The van der Waals surface area contributed by atoms with Crippen molar-refractivity contribution in [3.05, 3.63) is 29.3 Å². The number of nitrogens with zero attached hydrogens (tertiary/aromatic N) is 5. The van der Waals surface area contributed by atoms with Crippen LogP contribution in [0.2, 0.25) is 0 Å². The number of pyridine rings is 1. The number of carbonyl (C=O) groups is 3. The molecule has 0 aromatic carbocycles. The first-order valence-electron chi connectivity index (χ1n) is 22.0. The zero-order chi connectivity index (χ0) is 46.6. The second-order valence-corrected chi connectivity index (χ2v) is 19.1. The third kappa shape index (κ3) is 11.4. The van der Waals surface area contributed by atoms with Crippen LogP contribution in [0, 0.1) is 23.7 Å². The number of aliphatic hydroxyl groups is 2. The van der Waals surface area contributed by atoms with Gasteiger partial charge in [0.05, 0.1) is 35.8 Å². The van der Waals surface area contributed by atoms with Gasteiger partial charge in [-0.1, -0.05) is 45.8 Å². The molecular weight excluding hydrogens is 836 g/mol. The summed E-state index contributed by atoms with van der Waals surface area (Å²) in [5, 5.41) is 31.3. The van der Waals surface area contributed by atoms with E-state index in [-0.39, 0.29) is 57.3 Å². The van der Waals surface area contributed by atoms with Gasteiger partial charge in [0.1, 0.15) is 34.3 Å². The third-order valence-electron chi connectivity index (χ3n) is 13.0. The Morgan fingerprint density at radius 2 is 1.83 bits per heavy atom. The maximum absolute atomic E-state index is 17.0. The molecule has 1 amide bonds. The number of oxime groups is 1. The molecule has 3 fully saturated rings. The van der Waals surface area contributed by atoms with Crippen LogP contribution in [0.5, 0.6) is 0 Å². The van der Waals surface area contributed by atoms with Gasteiger partial charge >= 0.3 is 5.97 Å². The molecule has 350 valence electrons. The number of ketones is 1. The van der Waals surface area contributed by atoms with Gasteiger partial charge in [-0.15, -0.1) is 11.3 Å². The topological polar surface area (TPSA) is 218 Å². The van der Waals surface area contributed by atoms with Crippen LogP contribution in [0.15, 0.2) is 33.7 Å². The highest BCUT2D eigenvalue weighted by Gasteiger charge is 2.56. The van der Waals surface area contributed by atoms with Crippen LogP contribution in [-0.4, -0.2) is 128 Å². The summed E-state index contributed by atoms with van der Waals surface area (Å²) >= 11 is 1.38. The van der Waals surface area contributed by atoms with Crippen molar-refractivity contribution < 1.29 is 52.8 Å². The molecular formula is C45H67FN6O10S. The van der Waals surface area contributed by atoms with Crippen molar-refractivity contribution in [3.8, 4) is 10.7 Å². The van der Waals surface area contributed by atoms with E-state index in [1.165, 1.54) is 25.2 Å². The number of alkyl halides is 1. The second kappa shape index (κ2) is 20.6. The summed E-state index contributed by atoms with van der Waals surface area (Å²) in [5.41, 5.74) is 1.43. The molecule has 0 radical (unpaired) electrons. The number of esters is 1.